The van der Waals surface area contributed by atoms with Crippen molar-refractivity contribution in [2.45, 2.75) is 106 Å². The third-order valence-corrected chi connectivity index (χ3v) is 19.5. The van der Waals surface area contributed by atoms with Gasteiger partial charge in [-0.1, -0.05) is 261 Å². The number of rotatable bonds is 13. The zero-order valence-corrected chi connectivity index (χ0v) is 57.4. The maximum Gasteiger partial charge on any atom is 0.163 e. The fraction of sp³-hybridized carbons (Fsp3) is 0.182. The largest absolute Gasteiger partial charge is 0.507 e. The molecule has 1 aliphatic carbocycles. The number of benzene rings is 11. The van der Waals surface area contributed by atoms with Crippen molar-refractivity contribution in [1.82, 2.24) is 14.5 Å². The van der Waals surface area contributed by atoms with Crippen LogP contribution in [0.5, 0.6) is 5.75 Å². The minimum atomic E-state index is 0. The molecule has 11 aromatic carbocycles. The summed E-state index contributed by atoms with van der Waals surface area (Å²) < 4.78 is 9.73. The number of phenols is 1. The number of nitrogens with zero attached hydrogens (tertiary/aromatic N) is 3. The number of aromatic hydroxyl groups is 1. The molecule has 0 saturated heterocycles. The van der Waals surface area contributed by atoms with E-state index in [0.29, 0.717) is 35.2 Å². The molecule has 0 fully saturated rings. The minimum absolute atomic E-state index is 0. The van der Waals surface area contributed by atoms with Gasteiger partial charge in [0.25, 0.3) is 0 Å². The Kier molecular flexibility index (Phi) is 16.4. The Morgan fingerprint density at radius 1 is 0.436 bits per heavy atom. The average Bonchev–Trinajstić information content (AvgIpc) is 1.49. The van der Waals surface area contributed by atoms with Crippen molar-refractivity contribution < 1.29 is 30.6 Å². The van der Waals surface area contributed by atoms with Crippen molar-refractivity contribution in [2.75, 3.05) is 0 Å². The molecule has 15 rings (SSSR count). The molecular weight excluding hydrogens is 1330 g/mol. The number of imidazole rings is 1. The number of phenolic OH excluding ortho intramolecular Hbond substituents is 1. The molecule has 3 aromatic heterocycles. The summed E-state index contributed by atoms with van der Waals surface area (Å²) in [6.07, 6.45) is 1.65. The second-order valence-corrected chi connectivity index (χ2v) is 26.9. The van der Waals surface area contributed by atoms with Gasteiger partial charge in [-0.3, -0.25) is 4.57 Å². The van der Waals surface area contributed by atoms with E-state index in [-0.39, 0.29) is 26.8 Å². The maximum absolute atomic E-state index is 11.7. The quantitative estimate of drug-likeness (QED) is 0.117. The van der Waals surface area contributed by atoms with Crippen LogP contribution in [0.25, 0.3) is 139 Å². The first kappa shape index (κ1) is 61.8. The molecule has 466 valence electrons. The Balaban J connectivity index is 0.00000763. The Labute approximate surface area is 567 Å². The van der Waals surface area contributed by atoms with Crippen LogP contribution in [0.15, 0.2) is 229 Å². The van der Waals surface area contributed by atoms with Gasteiger partial charge in [0.05, 0.1) is 28.0 Å². The summed E-state index contributed by atoms with van der Waals surface area (Å²) in [4.78, 5) is 11.7. The fourth-order valence-electron chi connectivity index (χ4n) is 14.5. The summed E-state index contributed by atoms with van der Waals surface area (Å²) in [6, 6.07) is 86.3. The molecule has 3 heterocycles. The molecule has 94 heavy (non-hydrogen) atoms. The van der Waals surface area contributed by atoms with Gasteiger partial charge in [-0.05, 0) is 186 Å². The van der Waals surface area contributed by atoms with E-state index in [9.17, 15) is 5.11 Å². The zero-order chi connectivity index (χ0) is 63.9. The van der Waals surface area contributed by atoms with Crippen LogP contribution in [-0.4, -0.2) is 19.6 Å². The summed E-state index contributed by atoms with van der Waals surface area (Å²) in [5.74, 6) is 2.13. The zero-order valence-electron chi connectivity index (χ0n) is 55.1. The summed E-state index contributed by atoms with van der Waals surface area (Å²) in [5, 5.41) is 13.7. The van der Waals surface area contributed by atoms with E-state index < -0.39 is 0 Å². The van der Waals surface area contributed by atoms with Gasteiger partial charge in [0.2, 0.25) is 0 Å². The molecular formula is C88H76N3O2Pt-. The molecule has 0 radical (unpaired) electrons. The van der Waals surface area contributed by atoms with Crippen LogP contribution in [0.2, 0.25) is 0 Å². The van der Waals surface area contributed by atoms with Gasteiger partial charge in [0.1, 0.15) is 17.0 Å². The number of pyridine rings is 1. The topological polar surface area (TPSA) is 64.1 Å². The molecule has 0 atom stereocenters. The summed E-state index contributed by atoms with van der Waals surface area (Å²) in [5.41, 5.74) is 31.0. The normalized spacial score (nSPS) is 12.2. The second kappa shape index (κ2) is 25.0. The number of hydrogen-bond donors (Lipinski definition) is 1. The Morgan fingerprint density at radius 2 is 0.957 bits per heavy atom. The van der Waals surface area contributed by atoms with Gasteiger partial charge in [-0.25, -0.2) is 9.97 Å². The van der Waals surface area contributed by atoms with E-state index in [2.05, 4.69) is 292 Å². The van der Waals surface area contributed by atoms with Crippen molar-refractivity contribution in [3.8, 4) is 112 Å². The van der Waals surface area contributed by atoms with E-state index in [0.717, 1.165) is 163 Å². The van der Waals surface area contributed by atoms with Gasteiger partial charge >= 0.3 is 0 Å². The smallest absolute Gasteiger partial charge is 0.163 e. The van der Waals surface area contributed by atoms with Gasteiger partial charge < -0.3 is 9.52 Å². The number of furan rings is 1. The van der Waals surface area contributed by atoms with Crippen molar-refractivity contribution in [3.05, 3.63) is 275 Å². The van der Waals surface area contributed by atoms with Gasteiger partial charge in [-0.2, -0.15) is 0 Å². The second-order valence-electron chi connectivity index (χ2n) is 26.9. The fourth-order valence-corrected chi connectivity index (χ4v) is 14.5. The molecule has 0 spiro atoms. The summed E-state index contributed by atoms with van der Waals surface area (Å²) >= 11 is 0. The standard InChI is InChI=1S/C88H76N3O2.Pt/c1-51(2)61-43-62(52(3)4)46-65(45-61)70-33-22-34-71(66-47-63(53(5)6)44-64(48-66)54(7)8)83(70)75-50-67(49-74-72-30-17-18-36-79(72)93-87(74)75)80-73(82-68(57-25-13-11-14-26-57)31-21-32-69(82)58-27-15-12-16-28-58)40-42-77-85(80)90-88(91(77)86-55(9)23-19-24-56(86)10)76-41-39-60-38-37-59-29-20-35-78(92)81(59)84(60)89-76;/h11-36,39-49,51-54,92H,37-38H2,1-10H3;/q-1;. The molecule has 5 nitrogen and oxygen atoms in total. The first-order valence-corrected chi connectivity index (χ1v) is 33.2. The van der Waals surface area contributed by atoms with Crippen molar-refractivity contribution in [2.24, 2.45) is 0 Å². The molecule has 0 unspecified atom stereocenters. The first-order chi connectivity index (χ1) is 45.2. The third kappa shape index (κ3) is 10.8. The molecule has 0 amide bonds. The van der Waals surface area contributed by atoms with Crippen LogP contribution in [0, 0.1) is 19.9 Å². The molecule has 6 heteroatoms. The third-order valence-electron chi connectivity index (χ3n) is 19.5. The predicted octanol–water partition coefficient (Wildman–Crippen LogP) is 24.0. The Bertz CT molecular complexity index is 5050. The Hall–Kier alpha value is -9.67. The first-order valence-electron chi connectivity index (χ1n) is 33.2. The van der Waals surface area contributed by atoms with Crippen LogP contribution >= 0.6 is 0 Å². The average molecular weight is 1400 g/mol. The molecule has 0 aliphatic heterocycles. The maximum atomic E-state index is 11.7. The van der Waals surface area contributed by atoms with Gasteiger partial charge in [0.15, 0.2) is 5.82 Å². The number of para-hydroxylation sites is 2. The van der Waals surface area contributed by atoms with Crippen LogP contribution < -0.4 is 0 Å². The molecule has 0 saturated carbocycles. The van der Waals surface area contributed by atoms with Gasteiger partial charge in [-0.15, -0.1) is 17.7 Å². The number of fused-ring (bicyclic) bond motifs is 7. The van der Waals surface area contributed by atoms with E-state index >= 15 is 0 Å². The van der Waals surface area contributed by atoms with Crippen LogP contribution in [0.1, 0.15) is 124 Å². The predicted molar refractivity (Wildman–Crippen MR) is 389 cm³/mol. The molecule has 1 aliphatic rings. The SMILES string of the molecule is Cc1cccc(C)c1-n1c(-c2ccc3c(n2)-c2c(O)cccc2CC3)nc2c(-c3[c-]c(-c4c(-c5cc(C(C)C)cc(C(C)C)c5)cccc4-c4cc(C(C)C)cc(C(C)C)c4)c4oc5ccccc5c4c3)c(-c3c(-c4ccccc4)cccc3-c3ccccc3)ccc21.[Pt]. The van der Waals surface area contributed by atoms with Crippen LogP contribution in [0.4, 0.5) is 0 Å². The van der Waals surface area contributed by atoms with E-state index in [4.69, 9.17) is 14.4 Å². The number of aromatic nitrogens is 3. The molecule has 14 aromatic rings. The molecule has 0 bridgehead atoms. The van der Waals surface area contributed by atoms with E-state index in [1.165, 1.54) is 22.3 Å². The summed E-state index contributed by atoms with van der Waals surface area (Å²) in [6.45, 7) is 22.8. The van der Waals surface area contributed by atoms with Crippen molar-refractivity contribution >= 4 is 33.0 Å². The monoisotopic (exact) mass is 1400 g/mol. The number of hydrogen-bond acceptors (Lipinski definition) is 4. The van der Waals surface area contributed by atoms with Crippen molar-refractivity contribution in [3.63, 3.8) is 0 Å². The van der Waals surface area contributed by atoms with E-state index in [1.807, 2.05) is 6.07 Å². The van der Waals surface area contributed by atoms with Crippen LogP contribution in [0.3, 0.4) is 0 Å². The Morgan fingerprint density at radius 3 is 1.53 bits per heavy atom. The van der Waals surface area contributed by atoms with Gasteiger partial charge in [0, 0.05) is 32.0 Å². The molecule has 1 N–H and O–H groups in total. The van der Waals surface area contributed by atoms with Crippen LogP contribution in [-0.2, 0) is 33.9 Å². The summed E-state index contributed by atoms with van der Waals surface area (Å²) in [7, 11) is 0. The van der Waals surface area contributed by atoms with Crippen molar-refractivity contribution in [1.29, 1.82) is 0 Å². The van der Waals surface area contributed by atoms with E-state index in [1.54, 1.807) is 6.07 Å². The number of aryl methyl sites for hydroxylation is 4. The minimum Gasteiger partial charge on any atom is -0.507 e.